The lowest BCUT2D eigenvalue weighted by atomic mass is 10.1. The summed E-state index contributed by atoms with van der Waals surface area (Å²) in [6, 6.07) is 0.0803. The highest BCUT2D eigenvalue weighted by molar-refractivity contribution is 7.80. The molecular formula is C11H20F3N3S. The first-order valence-electron chi connectivity index (χ1n) is 6.00. The molecular weight excluding hydrogens is 263 g/mol. The van der Waals surface area contributed by atoms with Crippen LogP contribution in [-0.2, 0) is 0 Å². The van der Waals surface area contributed by atoms with Gasteiger partial charge in [0.2, 0.25) is 0 Å². The molecule has 2 unspecified atom stereocenters. The smallest absolute Gasteiger partial charge is 0.393 e. The Morgan fingerprint density at radius 3 is 2.56 bits per heavy atom. The molecule has 106 valence electrons. The van der Waals surface area contributed by atoms with Gasteiger partial charge in [0.25, 0.3) is 0 Å². The molecule has 0 aromatic rings. The van der Waals surface area contributed by atoms with Crippen molar-refractivity contribution < 1.29 is 13.2 Å². The Morgan fingerprint density at radius 2 is 2.06 bits per heavy atom. The molecule has 1 fully saturated rings. The first-order valence-corrected chi connectivity index (χ1v) is 6.41. The van der Waals surface area contributed by atoms with Gasteiger partial charge in [0.1, 0.15) is 5.92 Å². The molecule has 0 bridgehead atoms. The van der Waals surface area contributed by atoms with E-state index in [0.29, 0.717) is 6.54 Å². The summed E-state index contributed by atoms with van der Waals surface area (Å²) >= 11 is 4.55. The number of nitrogens with zero attached hydrogens (tertiary/aromatic N) is 2. The summed E-state index contributed by atoms with van der Waals surface area (Å²) < 4.78 is 38.5. The highest BCUT2D eigenvalue weighted by Crippen LogP contribution is 2.28. The van der Waals surface area contributed by atoms with Crippen LogP contribution in [0.2, 0.25) is 0 Å². The largest absolute Gasteiger partial charge is 0.399 e. The van der Waals surface area contributed by atoms with E-state index in [1.807, 2.05) is 18.9 Å². The van der Waals surface area contributed by atoms with Crippen molar-refractivity contribution in [1.29, 1.82) is 0 Å². The third kappa shape index (κ3) is 4.37. The van der Waals surface area contributed by atoms with Crippen molar-refractivity contribution >= 4 is 17.2 Å². The zero-order chi connectivity index (χ0) is 13.9. The number of rotatable bonds is 3. The van der Waals surface area contributed by atoms with E-state index in [4.69, 9.17) is 5.73 Å². The Labute approximate surface area is 111 Å². The summed E-state index contributed by atoms with van der Waals surface area (Å²) in [4.78, 5) is 3.50. The second kappa shape index (κ2) is 6.16. The minimum absolute atomic E-state index is 0.0803. The fourth-order valence-electron chi connectivity index (χ4n) is 2.28. The van der Waals surface area contributed by atoms with Crippen molar-refractivity contribution in [2.24, 2.45) is 11.7 Å². The first-order chi connectivity index (χ1) is 8.21. The van der Waals surface area contributed by atoms with E-state index >= 15 is 0 Å². The number of halogens is 3. The molecule has 2 N–H and O–H groups in total. The molecule has 0 amide bonds. The van der Waals surface area contributed by atoms with Crippen LogP contribution in [0, 0.1) is 5.92 Å². The van der Waals surface area contributed by atoms with E-state index in [0.717, 1.165) is 19.5 Å². The number of likely N-dealkylation sites (N-methyl/N-ethyl adjacent to an activating group) is 1. The SMILES string of the molecule is CC1CN(C)CCCN1CC(C(N)=S)C(F)(F)F. The molecule has 1 aliphatic rings. The third-order valence-electron chi connectivity index (χ3n) is 3.34. The molecule has 2 atom stereocenters. The van der Waals surface area contributed by atoms with Gasteiger partial charge in [-0.25, -0.2) is 0 Å². The molecule has 3 nitrogen and oxygen atoms in total. The van der Waals surface area contributed by atoms with E-state index < -0.39 is 17.1 Å². The highest BCUT2D eigenvalue weighted by Gasteiger charge is 2.43. The maximum absolute atomic E-state index is 12.8. The Bertz CT molecular complexity index is 296. The third-order valence-corrected chi connectivity index (χ3v) is 3.62. The molecule has 1 heterocycles. The topological polar surface area (TPSA) is 32.5 Å². The van der Waals surface area contributed by atoms with Crippen LogP contribution in [0.3, 0.4) is 0 Å². The molecule has 0 aliphatic carbocycles. The van der Waals surface area contributed by atoms with Gasteiger partial charge >= 0.3 is 6.18 Å². The highest BCUT2D eigenvalue weighted by atomic mass is 32.1. The van der Waals surface area contributed by atoms with Crippen LogP contribution in [0.5, 0.6) is 0 Å². The number of nitrogens with two attached hydrogens (primary N) is 1. The van der Waals surface area contributed by atoms with Crippen molar-refractivity contribution in [1.82, 2.24) is 9.80 Å². The van der Waals surface area contributed by atoms with Crippen molar-refractivity contribution in [3.8, 4) is 0 Å². The standard InChI is InChI=1S/C11H20F3N3S/c1-8-6-16(2)4-3-5-17(8)7-9(10(15)18)11(12,13)14/h8-9H,3-7H2,1-2H3,(H2,15,18). The molecule has 7 heteroatoms. The summed E-state index contributed by atoms with van der Waals surface area (Å²) in [5.41, 5.74) is 5.23. The Morgan fingerprint density at radius 1 is 1.44 bits per heavy atom. The van der Waals surface area contributed by atoms with Gasteiger partial charge in [-0.3, -0.25) is 4.90 Å². The number of thiocarbonyl (C=S) groups is 1. The maximum Gasteiger partial charge on any atom is 0.399 e. The summed E-state index contributed by atoms with van der Waals surface area (Å²) in [6.45, 7) is 4.13. The van der Waals surface area contributed by atoms with Gasteiger partial charge in [-0.05, 0) is 33.5 Å². The molecule has 1 rings (SSSR count). The molecule has 1 aliphatic heterocycles. The van der Waals surface area contributed by atoms with Crippen LogP contribution in [0.15, 0.2) is 0 Å². The summed E-state index contributed by atoms with van der Waals surface area (Å²) in [7, 11) is 1.98. The van der Waals surface area contributed by atoms with E-state index in [9.17, 15) is 13.2 Å². The van der Waals surface area contributed by atoms with Gasteiger partial charge in [0.15, 0.2) is 0 Å². The van der Waals surface area contributed by atoms with Gasteiger partial charge in [0.05, 0.1) is 4.99 Å². The monoisotopic (exact) mass is 283 g/mol. The second-order valence-electron chi connectivity index (χ2n) is 4.96. The van der Waals surface area contributed by atoms with Crippen molar-refractivity contribution in [2.75, 3.05) is 33.2 Å². The lowest BCUT2D eigenvalue weighted by molar-refractivity contribution is -0.160. The normalized spacial score (nSPS) is 25.7. The minimum Gasteiger partial charge on any atom is -0.393 e. The second-order valence-corrected chi connectivity index (χ2v) is 5.43. The van der Waals surface area contributed by atoms with E-state index in [2.05, 4.69) is 17.1 Å². The van der Waals surface area contributed by atoms with Gasteiger partial charge in [-0.1, -0.05) is 12.2 Å². The zero-order valence-corrected chi connectivity index (χ0v) is 11.5. The fourth-order valence-corrected chi connectivity index (χ4v) is 2.49. The number of alkyl halides is 3. The first kappa shape index (κ1) is 15.7. The minimum atomic E-state index is -4.36. The lowest BCUT2D eigenvalue weighted by Crippen LogP contribution is -2.47. The fraction of sp³-hybridized carbons (Fsp3) is 0.909. The molecule has 18 heavy (non-hydrogen) atoms. The maximum atomic E-state index is 12.8. The van der Waals surface area contributed by atoms with E-state index in [1.165, 1.54) is 0 Å². The molecule has 0 spiro atoms. The molecule has 1 saturated heterocycles. The van der Waals surface area contributed by atoms with E-state index in [-0.39, 0.29) is 12.6 Å². The van der Waals surface area contributed by atoms with Crippen LogP contribution in [0.4, 0.5) is 13.2 Å². The Hall–Kier alpha value is -0.400. The molecule has 0 radical (unpaired) electrons. The number of hydrogen-bond donors (Lipinski definition) is 1. The Kier molecular flexibility index (Phi) is 5.36. The van der Waals surface area contributed by atoms with Crippen LogP contribution >= 0.6 is 12.2 Å². The summed E-state index contributed by atoms with van der Waals surface area (Å²) in [5, 5.41) is 0. The zero-order valence-electron chi connectivity index (χ0n) is 10.7. The van der Waals surface area contributed by atoms with Gasteiger partial charge in [0, 0.05) is 19.1 Å². The molecule has 0 aromatic carbocycles. The van der Waals surface area contributed by atoms with Crippen molar-refractivity contribution in [3.63, 3.8) is 0 Å². The molecule has 0 aromatic heterocycles. The quantitative estimate of drug-likeness (QED) is 0.795. The van der Waals surface area contributed by atoms with Gasteiger partial charge < -0.3 is 10.6 Å². The average molecular weight is 283 g/mol. The van der Waals surface area contributed by atoms with Crippen LogP contribution in [-0.4, -0.2) is 60.2 Å². The number of hydrogen-bond acceptors (Lipinski definition) is 3. The van der Waals surface area contributed by atoms with Crippen molar-refractivity contribution in [3.05, 3.63) is 0 Å². The van der Waals surface area contributed by atoms with Crippen LogP contribution in [0.1, 0.15) is 13.3 Å². The molecule has 0 saturated carbocycles. The van der Waals surface area contributed by atoms with Gasteiger partial charge in [-0.2, -0.15) is 13.2 Å². The van der Waals surface area contributed by atoms with Gasteiger partial charge in [-0.15, -0.1) is 0 Å². The summed E-state index contributed by atoms with van der Waals surface area (Å²) in [5.74, 6) is -1.71. The lowest BCUT2D eigenvalue weighted by Gasteiger charge is -2.31. The predicted molar refractivity (Wildman–Crippen MR) is 69.5 cm³/mol. The Balaban J connectivity index is 2.71. The van der Waals surface area contributed by atoms with Crippen molar-refractivity contribution in [2.45, 2.75) is 25.6 Å². The average Bonchev–Trinajstić information content (AvgIpc) is 2.34. The van der Waals surface area contributed by atoms with Crippen LogP contribution < -0.4 is 5.73 Å². The van der Waals surface area contributed by atoms with Crippen LogP contribution in [0.25, 0.3) is 0 Å². The summed E-state index contributed by atoms with van der Waals surface area (Å²) in [6.07, 6.45) is -3.49. The predicted octanol–water partition coefficient (Wildman–Crippen LogP) is 1.48. The van der Waals surface area contributed by atoms with E-state index in [1.54, 1.807) is 0 Å².